The molecule has 1 aromatic rings. The SMILES string of the molecule is Cc1sc(N2CC[C@H](C#N)C2)nc1C(=O)C(C)C. The molecular formula is C13H17N3OS. The third kappa shape index (κ3) is 2.39. The first-order chi connectivity index (χ1) is 8.52. The lowest BCUT2D eigenvalue weighted by atomic mass is 10.1. The lowest BCUT2D eigenvalue weighted by Crippen LogP contribution is -2.19. The number of nitrogens with zero attached hydrogens (tertiary/aromatic N) is 3. The van der Waals surface area contributed by atoms with Crippen molar-refractivity contribution >= 4 is 22.3 Å². The first kappa shape index (κ1) is 13.0. The van der Waals surface area contributed by atoms with Crippen LogP contribution in [0.5, 0.6) is 0 Å². The smallest absolute Gasteiger partial charge is 0.186 e. The average Bonchev–Trinajstić information content (AvgIpc) is 2.93. The highest BCUT2D eigenvalue weighted by Crippen LogP contribution is 2.30. The molecular weight excluding hydrogens is 246 g/mol. The summed E-state index contributed by atoms with van der Waals surface area (Å²) in [7, 11) is 0. The highest BCUT2D eigenvalue weighted by molar-refractivity contribution is 7.15. The minimum absolute atomic E-state index is 0.0240. The van der Waals surface area contributed by atoms with Crippen molar-refractivity contribution in [1.82, 2.24) is 4.98 Å². The van der Waals surface area contributed by atoms with Gasteiger partial charge in [-0.05, 0) is 13.3 Å². The molecule has 0 N–H and O–H groups in total. The number of ketones is 1. The van der Waals surface area contributed by atoms with Gasteiger partial charge in [0.2, 0.25) is 0 Å². The third-order valence-corrected chi connectivity index (χ3v) is 4.22. The Labute approximate surface area is 111 Å². The maximum Gasteiger partial charge on any atom is 0.186 e. The third-order valence-electron chi connectivity index (χ3n) is 3.18. The molecule has 96 valence electrons. The van der Waals surface area contributed by atoms with Crippen molar-refractivity contribution in [3.8, 4) is 6.07 Å². The van der Waals surface area contributed by atoms with Crippen molar-refractivity contribution in [3.05, 3.63) is 10.6 Å². The zero-order valence-electron chi connectivity index (χ0n) is 10.9. The number of Topliss-reactive ketones (excluding diaryl/α,β-unsaturated/α-hetero) is 1. The molecule has 1 atom stereocenters. The average molecular weight is 263 g/mol. The Morgan fingerprint density at radius 3 is 2.89 bits per heavy atom. The second kappa shape index (κ2) is 5.07. The largest absolute Gasteiger partial charge is 0.347 e. The van der Waals surface area contributed by atoms with Crippen LogP contribution in [0.1, 0.15) is 35.6 Å². The molecule has 0 unspecified atom stereocenters. The summed E-state index contributed by atoms with van der Waals surface area (Å²) in [6, 6.07) is 2.29. The normalized spacial score (nSPS) is 19.3. The highest BCUT2D eigenvalue weighted by Gasteiger charge is 2.26. The Bertz CT molecular complexity index is 501. The first-order valence-corrected chi connectivity index (χ1v) is 7.00. The highest BCUT2D eigenvalue weighted by atomic mass is 32.1. The van der Waals surface area contributed by atoms with Gasteiger partial charge in [-0.2, -0.15) is 5.26 Å². The van der Waals surface area contributed by atoms with E-state index in [0.29, 0.717) is 5.69 Å². The zero-order valence-corrected chi connectivity index (χ0v) is 11.8. The first-order valence-electron chi connectivity index (χ1n) is 6.19. The van der Waals surface area contributed by atoms with Gasteiger partial charge in [0.05, 0.1) is 12.0 Å². The molecule has 0 spiro atoms. The number of thiazole rings is 1. The molecule has 1 aromatic heterocycles. The minimum Gasteiger partial charge on any atom is -0.347 e. The van der Waals surface area contributed by atoms with Crippen molar-refractivity contribution in [2.45, 2.75) is 27.2 Å². The van der Waals surface area contributed by atoms with Gasteiger partial charge in [-0.3, -0.25) is 4.79 Å². The molecule has 1 aliphatic heterocycles. The predicted molar refractivity (Wildman–Crippen MR) is 72.0 cm³/mol. The number of rotatable bonds is 3. The molecule has 4 nitrogen and oxygen atoms in total. The van der Waals surface area contributed by atoms with Crippen LogP contribution in [-0.2, 0) is 0 Å². The Balaban J connectivity index is 2.20. The second-order valence-corrected chi connectivity index (χ2v) is 6.16. The van der Waals surface area contributed by atoms with E-state index >= 15 is 0 Å². The number of aromatic nitrogens is 1. The van der Waals surface area contributed by atoms with E-state index in [2.05, 4.69) is 16.0 Å². The summed E-state index contributed by atoms with van der Waals surface area (Å²) in [6.07, 6.45) is 0.891. The Hall–Kier alpha value is -1.41. The summed E-state index contributed by atoms with van der Waals surface area (Å²) >= 11 is 1.55. The summed E-state index contributed by atoms with van der Waals surface area (Å²) in [5, 5.41) is 9.79. The molecule has 2 heterocycles. The van der Waals surface area contributed by atoms with Crippen LogP contribution in [0.4, 0.5) is 5.13 Å². The number of carbonyl (C=O) groups excluding carboxylic acids is 1. The number of nitriles is 1. The molecule has 0 saturated carbocycles. The van der Waals surface area contributed by atoms with Crippen molar-refractivity contribution in [1.29, 1.82) is 5.26 Å². The molecule has 0 aliphatic carbocycles. The number of hydrogen-bond acceptors (Lipinski definition) is 5. The van der Waals surface area contributed by atoms with E-state index < -0.39 is 0 Å². The summed E-state index contributed by atoms with van der Waals surface area (Å²) < 4.78 is 0. The fraction of sp³-hybridized carbons (Fsp3) is 0.615. The molecule has 5 heteroatoms. The molecule has 1 saturated heterocycles. The van der Waals surface area contributed by atoms with Crippen molar-refractivity contribution < 1.29 is 4.79 Å². The van der Waals surface area contributed by atoms with Crippen LogP contribution < -0.4 is 4.90 Å². The van der Waals surface area contributed by atoms with Gasteiger partial charge in [0.25, 0.3) is 0 Å². The summed E-state index contributed by atoms with van der Waals surface area (Å²) in [5.41, 5.74) is 0.602. The fourth-order valence-corrected chi connectivity index (χ4v) is 3.01. The monoisotopic (exact) mass is 263 g/mol. The van der Waals surface area contributed by atoms with Crippen LogP contribution in [0.3, 0.4) is 0 Å². The lowest BCUT2D eigenvalue weighted by Gasteiger charge is -2.12. The summed E-state index contributed by atoms with van der Waals surface area (Å²) in [4.78, 5) is 19.5. The van der Waals surface area contributed by atoms with Gasteiger partial charge >= 0.3 is 0 Å². The number of hydrogen-bond donors (Lipinski definition) is 0. The zero-order chi connectivity index (χ0) is 13.3. The van der Waals surface area contributed by atoms with E-state index in [4.69, 9.17) is 5.26 Å². The maximum atomic E-state index is 12.0. The van der Waals surface area contributed by atoms with E-state index in [1.165, 1.54) is 0 Å². The van der Waals surface area contributed by atoms with Crippen LogP contribution in [0.15, 0.2) is 0 Å². The van der Waals surface area contributed by atoms with Crippen LogP contribution in [0.2, 0.25) is 0 Å². The molecule has 1 fully saturated rings. The maximum absolute atomic E-state index is 12.0. The number of carbonyl (C=O) groups is 1. The van der Waals surface area contributed by atoms with Crippen molar-refractivity contribution in [2.24, 2.45) is 11.8 Å². The van der Waals surface area contributed by atoms with Gasteiger partial charge in [0.15, 0.2) is 10.9 Å². The van der Waals surface area contributed by atoms with Gasteiger partial charge in [-0.1, -0.05) is 13.8 Å². The summed E-state index contributed by atoms with van der Waals surface area (Å²) in [6.45, 7) is 7.32. The van der Waals surface area contributed by atoms with E-state index in [-0.39, 0.29) is 17.6 Å². The molecule has 18 heavy (non-hydrogen) atoms. The second-order valence-electron chi connectivity index (χ2n) is 4.98. The van der Waals surface area contributed by atoms with E-state index in [1.807, 2.05) is 20.8 Å². The van der Waals surface area contributed by atoms with E-state index in [1.54, 1.807) is 11.3 Å². The van der Waals surface area contributed by atoms with Crippen LogP contribution in [0, 0.1) is 30.1 Å². The predicted octanol–water partition coefficient (Wildman–Crippen LogP) is 2.64. The molecule has 0 radical (unpaired) electrons. The Kier molecular flexibility index (Phi) is 3.67. The lowest BCUT2D eigenvalue weighted by molar-refractivity contribution is 0.0934. The van der Waals surface area contributed by atoms with Crippen molar-refractivity contribution in [2.75, 3.05) is 18.0 Å². The molecule has 1 aliphatic rings. The van der Waals surface area contributed by atoms with Gasteiger partial charge in [0, 0.05) is 23.9 Å². The molecule has 0 bridgehead atoms. The van der Waals surface area contributed by atoms with Crippen LogP contribution in [-0.4, -0.2) is 23.9 Å². The van der Waals surface area contributed by atoms with E-state index in [9.17, 15) is 4.79 Å². The number of anilines is 1. The van der Waals surface area contributed by atoms with Crippen LogP contribution in [0.25, 0.3) is 0 Å². The standard InChI is InChI=1S/C13H17N3OS/c1-8(2)12(17)11-9(3)18-13(15-11)16-5-4-10(6-14)7-16/h8,10H,4-5,7H2,1-3H3/t10-/m1/s1. The Morgan fingerprint density at radius 1 is 1.61 bits per heavy atom. The molecule has 2 rings (SSSR count). The summed E-state index contributed by atoms with van der Waals surface area (Å²) in [5.74, 6) is 0.175. The van der Waals surface area contributed by atoms with Gasteiger partial charge in [0.1, 0.15) is 5.69 Å². The van der Waals surface area contributed by atoms with Gasteiger partial charge in [-0.15, -0.1) is 11.3 Å². The van der Waals surface area contributed by atoms with Crippen LogP contribution >= 0.6 is 11.3 Å². The fourth-order valence-electron chi connectivity index (χ4n) is 2.06. The topological polar surface area (TPSA) is 57.0 Å². The molecule has 0 aromatic carbocycles. The minimum atomic E-state index is -0.0240. The quantitative estimate of drug-likeness (QED) is 0.787. The van der Waals surface area contributed by atoms with Gasteiger partial charge < -0.3 is 4.90 Å². The number of aryl methyl sites for hydroxylation is 1. The van der Waals surface area contributed by atoms with Gasteiger partial charge in [-0.25, -0.2) is 4.98 Å². The van der Waals surface area contributed by atoms with Crippen molar-refractivity contribution in [3.63, 3.8) is 0 Å². The van der Waals surface area contributed by atoms with E-state index in [0.717, 1.165) is 29.5 Å². The Morgan fingerprint density at radius 2 is 2.33 bits per heavy atom. The molecule has 0 amide bonds.